The first-order valence-electron chi connectivity index (χ1n) is 2.70. The lowest BCUT2D eigenvalue weighted by Gasteiger charge is -1.94. The van der Waals surface area contributed by atoms with E-state index in [9.17, 15) is 4.79 Å². The predicted molar refractivity (Wildman–Crippen MR) is 46.5 cm³/mol. The van der Waals surface area contributed by atoms with Gasteiger partial charge in [-0.15, -0.1) is 0 Å². The molecule has 0 radical (unpaired) electrons. The van der Waals surface area contributed by atoms with Gasteiger partial charge in [-0.1, -0.05) is 12.1 Å². The molecule has 0 atom stereocenters. The van der Waals surface area contributed by atoms with Crippen molar-refractivity contribution in [1.29, 1.82) is 0 Å². The molecule has 0 bridgehead atoms. The SMILES string of the molecule is O=Cc1cccc(OI)c1. The second kappa shape index (κ2) is 3.55. The van der Waals surface area contributed by atoms with Gasteiger partial charge in [-0.05, 0) is 12.1 Å². The molecule has 0 aliphatic heterocycles. The highest BCUT2D eigenvalue weighted by Crippen LogP contribution is 2.13. The minimum absolute atomic E-state index is 0.633. The Morgan fingerprint density at radius 1 is 1.50 bits per heavy atom. The van der Waals surface area contributed by atoms with Crippen LogP contribution in [0.1, 0.15) is 10.4 Å². The second-order valence-electron chi connectivity index (χ2n) is 1.77. The molecular formula is C7H5IO2. The average Bonchev–Trinajstić information content (AvgIpc) is 2.05. The van der Waals surface area contributed by atoms with Crippen molar-refractivity contribution in [2.45, 2.75) is 0 Å². The quantitative estimate of drug-likeness (QED) is 0.592. The van der Waals surface area contributed by atoms with Gasteiger partial charge in [0.25, 0.3) is 0 Å². The Morgan fingerprint density at radius 3 is 2.90 bits per heavy atom. The summed E-state index contributed by atoms with van der Waals surface area (Å²) in [4.78, 5) is 10.2. The van der Waals surface area contributed by atoms with E-state index in [0.29, 0.717) is 11.3 Å². The fraction of sp³-hybridized carbons (Fsp3) is 0. The molecule has 0 fully saturated rings. The molecule has 3 heteroatoms. The maximum absolute atomic E-state index is 10.2. The van der Waals surface area contributed by atoms with E-state index in [-0.39, 0.29) is 0 Å². The molecule has 0 amide bonds. The zero-order valence-electron chi connectivity index (χ0n) is 5.08. The third-order valence-corrected chi connectivity index (χ3v) is 1.59. The van der Waals surface area contributed by atoms with Gasteiger partial charge in [-0.2, -0.15) is 0 Å². The van der Waals surface area contributed by atoms with Crippen molar-refractivity contribution in [3.8, 4) is 5.75 Å². The summed E-state index contributed by atoms with van der Waals surface area (Å²) in [6, 6.07) is 6.97. The van der Waals surface area contributed by atoms with Crippen LogP contribution >= 0.6 is 23.0 Å². The van der Waals surface area contributed by atoms with E-state index >= 15 is 0 Å². The molecule has 0 aromatic heterocycles. The third-order valence-electron chi connectivity index (χ3n) is 1.08. The first-order valence-corrected chi connectivity index (χ1v) is 3.58. The van der Waals surface area contributed by atoms with E-state index in [1.807, 2.05) is 0 Å². The maximum atomic E-state index is 10.2. The highest BCUT2D eigenvalue weighted by Gasteiger charge is 1.91. The minimum Gasteiger partial charge on any atom is -0.428 e. The van der Waals surface area contributed by atoms with Gasteiger partial charge in [0.15, 0.2) is 23.0 Å². The van der Waals surface area contributed by atoms with Crippen LogP contribution in [0, 0.1) is 0 Å². The molecule has 52 valence electrons. The summed E-state index contributed by atoms with van der Waals surface area (Å²) >= 11 is 1.77. The first kappa shape index (κ1) is 7.53. The summed E-state index contributed by atoms with van der Waals surface area (Å²) in [7, 11) is 0. The molecule has 0 aliphatic rings. The monoisotopic (exact) mass is 248 g/mol. The van der Waals surface area contributed by atoms with Crippen molar-refractivity contribution in [2.24, 2.45) is 0 Å². The molecule has 0 spiro atoms. The Bertz CT molecular complexity index is 235. The van der Waals surface area contributed by atoms with Gasteiger partial charge in [-0.25, -0.2) is 0 Å². The maximum Gasteiger partial charge on any atom is 0.192 e. The number of hydrogen-bond donors (Lipinski definition) is 0. The van der Waals surface area contributed by atoms with Gasteiger partial charge in [0.2, 0.25) is 0 Å². The van der Waals surface area contributed by atoms with Crippen LogP contribution in [0.4, 0.5) is 0 Å². The number of halogens is 1. The number of rotatable bonds is 2. The summed E-state index contributed by atoms with van der Waals surface area (Å²) < 4.78 is 4.87. The molecule has 0 saturated carbocycles. The molecule has 0 heterocycles. The lowest BCUT2D eigenvalue weighted by atomic mass is 10.2. The molecular weight excluding hydrogens is 243 g/mol. The van der Waals surface area contributed by atoms with Crippen molar-refractivity contribution in [2.75, 3.05) is 0 Å². The molecule has 1 aromatic rings. The fourth-order valence-electron chi connectivity index (χ4n) is 0.636. The molecule has 1 aromatic carbocycles. The van der Waals surface area contributed by atoms with Crippen LogP contribution in [0.3, 0.4) is 0 Å². The smallest absolute Gasteiger partial charge is 0.192 e. The van der Waals surface area contributed by atoms with E-state index in [1.165, 1.54) is 0 Å². The predicted octanol–water partition coefficient (Wildman–Crippen LogP) is 2.23. The normalized spacial score (nSPS) is 8.90. The molecule has 0 aliphatic carbocycles. The molecule has 0 saturated heterocycles. The highest BCUT2D eigenvalue weighted by atomic mass is 127. The molecule has 0 unspecified atom stereocenters. The van der Waals surface area contributed by atoms with E-state index in [1.54, 1.807) is 47.3 Å². The molecule has 10 heavy (non-hydrogen) atoms. The first-order chi connectivity index (χ1) is 4.86. The van der Waals surface area contributed by atoms with Crippen LogP contribution < -0.4 is 3.07 Å². The van der Waals surface area contributed by atoms with Crippen molar-refractivity contribution in [3.63, 3.8) is 0 Å². The number of carbonyl (C=O) groups excluding carboxylic acids is 1. The highest BCUT2D eigenvalue weighted by molar-refractivity contribution is 14.1. The largest absolute Gasteiger partial charge is 0.428 e. The third kappa shape index (κ3) is 1.70. The number of carbonyl (C=O) groups is 1. The van der Waals surface area contributed by atoms with Gasteiger partial charge in [-0.3, -0.25) is 4.79 Å². The van der Waals surface area contributed by atoms with Gasteiger partial charge < -0.3 is 3.07 Å². The summed E-state index contributed by atoms with van der Waals surface area (Å²) in [6.45, 7) is 0. The Labute approximate surface area is 72.9 Å². The summed E-state index contributed by atoms with van der Waals surface area (Å²) in [6.07, 6.45) is 0.791. The van der Waals surface area contributed by atoms with Crippen molar-refractivity contribution < 1.29 is 7.86 Å². The van der Waals surface area contributed by atoms with Crippen molar-refractivity contribution in [3.05, 3.63) is 29.8 Å². The summed E-state index contributed by atoms with van der Waals surface area (Å²) in [5, 5.41) is 0. The number of benzene rings is 1. The van der Waals surface area contributed by atoms with Crippen molar-refractivity contribution >= 4 is 29.3 Å². The Hall–Kier alpha value is -0.580. The van der Waals surface area contributed by atoms with Gasteiger partial charge in [0.1, 0.15) is 12.0 Å². The molecule has 1 rings (SSSR count). The van der Waals surface area contributed by atoms with Gasteiger partial charge in [0.05, 0.1) is 0 Å². The zero-order valence-corrected chi connectivity index (χ0v) is 7.24. The minimum atomic E-state index is 0.633. The van der Waals surface area contributed by atoms with Crippen LogP contribution in [0.5, 0.6) is 5.75 Å². The van der Waals surface area contributed by atoms with Crippen LogP contribution in [0.2, 0.25) is 0 Å². The van der Waals surface area contributed by atoms with E-state index < -0.39 is 0 Å². The van der Waals surface area contributed by atoms with Crippen LogP contribution in [-0.4, -0.2) is 6.29 Å². The van der Waals surface area contributed by atoms with Crippen LogP contribution in [0.15, 0.2) is 24.3 Å². The van der Waals surface area contributed by atoms with E-state index in [2.05, 4.69) is 0 Å². The Balaban J connectivity index is 2.98. The lowest BCUT2D eigenvalue weighted by Crippen LogP contribution is -1.79. The van der Waals surface area contributed by atoms with E-state index in [0.717, 1.165) is 6.29 Å². The van der Waals surface area contributed by atoms with Crippen LogP contribution in [-0.2, 0) is 0 Å². The van der Waals surface area contributed by atoms with Crippen molar-refractivity contribution in [1.82, 2.24) is 0 Å². The average molecular weight is 248 g/mol. The Morgan fingerprint density at radius 2 is 2.30 bits per heavy atom. The Kier molecular flexibility index (Phi) is 2.68. The number of aldehydes is 1. The summed E-state index contributed by atoms with van der Waals surface area (Å²) in [5.74, 6) is 0.699. The standard InChI is InChI=1S/C7H5IO2/c8-10-7-3-1-2-6(4-7)5-9/h1-5H. The zero-order chi connectivity index (χ0) is 7.40. The summed E-state index contributed by atoms with van der Waals surface area (Å²) in [5.41, 5.74) is 0.633. The van der Waals surface area contributed by atoms with E-state index in [4.69, 9.17) is 3.07 Å². The van der Waals surface area contributed by atoms with Gasteiger partial charge in [0, 0.05) is 5.56 Å². The number of hydrogen-bond acceptors (Lipinski definition) is 2. The molecule has 2 nitrogen and oxygen atoms in total. The lowest BCUT2D eigenvalue weighted by molar-refractivity contribution is 0.112. The molecule has 0 N–H and O–H groups in total. The topological polar surface area (TPSA) is 26.3 Å². The van der Waals surface area contributed by atoms with Crippen LogP contribution in [0.25, 0.3) is 0 Å². The van der Waals surface area contributed by atoms with Gasteiger partial charge >= 0.3 is 0 Å². The second-order valence-corrected chi connectivity index (χ2v) is 2.21. The fourth-order valence-corrected chi connectivity index (χ4v) is 0.910.